The van der Waals surface area contributed by atoms with Gasteiger partial charge in [0.1, 0.15) is 0 Å². The van der Waals surface area contributed by atoms with Crippen molar-refractivity contribution in [3.63, 3.8) is 0 Å². The average Bonchev–Trinajstić information content (AvgIpc) is 2.27. The molecule has 18 heavy (non-hydrogen) atoms. The highest BCUT2D eigenvalue weighted by atomic mass is 15.1. The minimum Gasteiger partial charge on any atom is -0.327 e. The molecule has 2 saturated carbocycles. The van der Waals surface area contributed by atoms with Crippen LogP contribution in [0.15, 0.2) is 0 Å². The molecule has 0 heterocycles. The van der Waals surface area contributed by atoms with E-state index in [2.05, 4.69) is 25.7 Å². The van der Waals surface area contributed by atoms with Crippen molar-refractivity contribution >= 4 is 0 Å². The van der Waals surface area contributed by atoms with E-state index >= 15 is 0 Å². The highest BCUT2D eigenvalue weighted by Crippen LogP contribution is 2.38. The van der Waals surface area contributed by atoms with Gasteiger partial charge < -0.3 is 10.6 Å². The van der Waals surface area contributed by atoms with Crippen molar-refractivity contribution in [1.82, 2.24) is 4.90 Å². The monoisotopic (exact) mass is 252 g/mol. The smallest absolute Gasteiger partial charge is 0.0131 e. The molecule has 2 atom stereocenters. The van der Waals surface area contributed by atoms with Crippen molar-refractivity contribution < 1.29 is 0 Å². The molecule has 2 rings (SSSR count). The van der Waals surface area contributed by atoms with Crippen LogP contribution in [-0.2, 0) is 0 Å². The molecule has 0 aromatic rings. The quantitative estimate of drug-likeness (QED) is 0.814. The summed E-state index contributed by atoms with van der Waals surface area (Å²) in [5.41, 5.74) is 6.86. The van der Waals surface area contributed by atoms with Crippen LogP contribution in [0.4, 0.5) is 0 Å². The van der Waals surface area contributed by atoms with Gasteiger partial charge >= 0.3 is 0 Å². The van der Waals surface area contributed by atoms with E-state index in [-0.39, 0.29) is 0 Å². The lowest BCUT2D eigenvalue weighted by Gasteiger charge is -2.44. The number of rotatable bonds is 5. The summed E-state index contributed by atoms with van der Waals surface area (Å²) in [6, 6.07) is 0.390. The van der Waals surface area contributed by atoms with Gasteiger partial charge in [-0.25, -0.2) is 0 Å². The Balaban J connectivity index is 1.85. The summed E-state index contributed by atoms with van der Waals surface area (Å²) in [6.07, 6.45) is 8.38. The summed E-state index contributed by atoms with van der Waals surface area (Å²) in [6.45, 7) is 10.8. The Morgan fingerprint density at radius 1 is 1.11 bits per heavy atom. The van der Waals surface area contributed by atoms with Crippen LogP contribution in [0, 0.1) is 17.3 Å². The molecule has 0 bridgehead atoms. The van der Waals surface area contributed by atoms with Gasteiger partial charge in [0.2, 0.25) is 0 Å². The van der Waals surface area contributed by atoms with Gasteiger partial charge in [-0.1, -0.05) is 33.6 Å². The van der Waals surface area contributed by atoms with Gasteiger partial charge in [-0.05, 0) is 49.5 Å². The summed E-state index contributed by atoms with van der Waals surface area (Å²) >= 11 is 0. The van der Waals surface area contributed by atoms with Crippen LogP contribution in [0.25, 0.3) is 0 Å². The number of nitrogens with two attached hydrogens (primary N) is 1. The Hall–Kier alpha value is -0.0800. The summed E-state index contributed by atoms with van der Waals surface area (Å²) in [5.74, 6) is 1.70. The second kappa shape index (κ2) is 5.92. The first kappa shape index (κ1) is 14.3. The zero-order chi connectivity index (χ0) is 13.2. The molecule has 0 aromatic heterocycles. The van der Waals surface area contributed by atoms with Crippen molar-refractivity contribution in [3.05, 3.63) is 0 Å². The Labute approximate surface area is 113 Å². The third-order valence-electron chi connectivity index (χ3n) is 5.49. The minimum absolute atomic E-state index is 0.346. The summed E-state index contributed by atoms with van der Waals surface area (Å²) in [7, 11) is 0. The molecular formula is C16H32N2. The van der Waals surface area contributed by atoms with E-state index in [4.69, 9.17) is 5.73 Å². The normalized spacial score (nSPS) is 32.5. The Kier molecular flexibility index (Phi) is 4.71. The third kappa shape index (κ3) is 3.27. The molecule has 0 aromatic carbocycles. The average molecular weight is 252 g/mol. The lowest BCUT2D eigenvalue weighted by molar-refractivity contribution is 0.0892. The van der Waals surface area contributed by atoms with Gasteiger partial charge in [0, 0.05) is 19.1 Å². The van der Waals surface area contributed by atoms with Crippen LogP contribution in [-0.4, -0.2) is 30.6 Å². The van der Waals surface area contributed by atoms with Crippen molar-refractivity contribution in [2.24, 2.45) is 23.0 Å². The van der Waals surface area contributed by atoms with Gasteiger partial charge in [-0.15, -0.1) is 0 Å². The van der Waals surface area contributed by atoms with Crippen molar-refractivity contribution in [1.29, 1.82) is 0 Å². The molecule has 2 fully saturated rings. The molecule has 2 aliphatic rings. The molecule has 2 heteroatoms. The van der Waals surface area contributed by atoms with Crippen LogP contribution in [0.2, 0.25) is 0 Å². The molecule has 2 nitrogen and oxygen atoms in total. The molecule has 2 unspecified atom stereocenters. The summed E-state index contributed by atoms with van der Waals surface area (Å²) in [5, 5.41) is 0. The largest absolute Gasteiger partial charge is 0.327 e. The van der Waals surface area contributed by atoms with E-state index in [0.717, 1.165) is 5.92 Å². The van der Waals surface area contributed by atoms with E-state index in [1.807, 2.05) is 0 Å². The highest BCUT2D eigenvalue weighted by molar-refractivity contribution is 4.92. The molecule has 106 valence electrons. The first-order chi connectivity index (χ1) is 8.53. The first-order valence-electron chi connectivity index (χ1n) is 8.01. The molecule has 0 saturated heterocycles. The molecule has 2 N–H and O–H groups in total. The molecule has 0 radical (unpaired) electrons. The van der Waals surface area contributed by atoms with Gasteiger partial charge in [0.05, 0.1) is 0 Å². The van der Waals surface area contributed by atoms with Crippen molar-refractivity contribution in [2.45, 2.75) is 65.3 Å². The van der Waals surface area contributed by atoms with E-state index in [1.54, 1.807) is 0 Å². The fourth-order valence-electron chi connectivity index (χ4n) is 3.71. The summed E-state index contributed by atoms with van der Waals surface area (Å²) in [4.78, 5) is 2.66. The van der Waals surface area contributed by atoms with Crippen molar-refractivity contribution in [2.75, 3.05) is 19.6 Å². The summed E-state index contributed by atoms with van der Waals surface area (Å²) < 4.78 is 0. The van der Waals surface area contributed by atoms with Crippen LogP contribution < -0.4 is 5.73 Å². The highest BCUT2D eigenvalue weighted by Gasteiger charge is 2.37. The predicted octanol–water partition coefficient (Wildman–Crippen LogP) is 3.26. The fourth-order valence-corrected chi connectivity index (χ4v) is 3.71. The molecular weight excluding hydrogens is 220 g/mol. The lowest BCUT2D eigenvalue weighted by Crippen LogP contribution is -2.50. The fraction of sp³-hybridized carbons (Fsp3) is 1.00. The molecule has 0 aliphatic heterocycles. The van der Waals surface area contributed by atoms with E-state index < -0.39 is 0 Å². The van der Waals surface area contributed by atoms with E-state index in [9.17, 15) is 0 Å². The van der Waals surface area contributed by atoms with Gasteiger partial charge in [-0.3, -0.25) is 0 Å². The van der Waals surface area contributed by atoms with Crippen LogP contribution >= 0.6 is 0 Å². The third-order valence-corrected chi connectivity index (χ3v) is 5.49. The number of nitrogens with zero attached hydrogens (tertiary/aromatic N) is 1. The Morgan fingerprint density at radius 2 is 1.83 bits per heavy atom. The first-order valence-corrected chi connectivity index (χ1v) is 8.01. The second-order valence-electron chi connectivity index (χ2n) is 7.32. The van der Waals surface area contributed by atoms with Crippen LogP contribution in [0.3, 0.4) is 0 Å². The van der Waals surface area contributed by atoms with Gasteiger partial charge in [-0.2, -0.15) is 0 Å². The maximum Gasteiger partial charge on any atom is 0.0131 e. The standard InChI is InChI=1S/C16H32N2/c1-4-18(11-13-7-5-8-13)12-14-9-6-10-16(2,3)15(14)17/h13-15H,4-12,17H2,1-3H3. The number of hydrogen-bond donors (Lipinski definition) is 1. The lowest BCUT2D eigenvalue weighted by atomic mass is 9.68. The number of hydrogen-bond acceptors (Lipinski definition) is 2. The second-order valence-corrected chi connectivity index (χ2v) is 7.32. The molecule has 2 aliphatic carbocycles. The van der Waals surface area contributed by atoms with Crippen LogP contribution in [0.1, 0.15) is 59.3 Å². The van der Waals surface area contributed by atoms with Gasteiger partial charge in [0.25, 0.3) is 0 Å². The zero-order valence-electron chi connectivity index (χ0n) is 12.6. The Morgan fingerprint density at radius 3 is 2.39 bits per heavy atom. The maximum atomic E-state index is 6.51. The predicted molar refractivity (Wildman–Crippen MR) is 78.6 cm³/mol. The van der Waals surface area contributed by atoms with E-state index in [0.29, 0.717) is 17.4 Å². The maximum absolute atomic E-state index is 6.51. The topological polar surface area (TPSA) is 29.3 Å². The van der Waals surface area contributed by atoms with E-state index in [1.165, 1.54) is 58.2 Å². The van der Waals surface area contributed by atoms with Crippen molar-refractivity contribution in [3.8, 4) is 0 Å². The molecule has 0 amide bonds. The SMILES string of the molecule is CCN(CC1CCC1)CC1CCCC(C)(C)C1N. The Bertz CT molecular complexity index is 258. The van der Waals surface area contributed by atoms with Gasteiger partial charge in [0.15, 0.2) is 0 Å². The zero-order valence-corrected chi connectivity index (χ0v) is 12.6. The molecule has 0 spiro atoms. The minimum atomic E-state index is 0.346. The van der Waals surface area contributed by atoms with Crippen LogP contribution in [0.5, 0.6) is 0 Å².